The van der Waals surface area contributed by atoms with E-state index < -0.39 is 27.7 Å². The summed E-state index contributed by atoms with van der Waals surface area (Å²) in [5.74, 6) is -0.519. The zero-order valence-electron chi connectivity index (χ0n) is 15.1. The highest BCUT2D eigenvalue weighted by molar-refractivity contribution is 7.89. The Balaban J connectivity index is 1.75. The lowest BCUT2D eigenvalue weighted by molar-refractivity contribution is -0.137. The number of alkyl halides is 3. The maximum Gasteiger partial charge on any atom is 0.416 e. The Morgan fingerprint density at radius 3 is 2.39 bits per heavy atom. The van der Waals surface area contributed by atoms with Gasteiger partial charge in [0.2, 0.25) is 10.0 Å². The zero-order valence-corrected chi connectivity index (χ0v) is 15.9. The molecule has 0 bridgehead atoms. The molecule has 0 spiro atoms. The number of halogens is 3. The van der Waals surface area contributed by atoms with Gasteiger partial charge in [0, 0.05) is 24.3 Å². The van der Waals surface area contributed by atoms with Crippen molar-refractivity contribution < 1.29 is 26.4 Å². The largest absolute Gasteiger partial charge is 0.416 e. The molecule has 2 aromatic rings. The Morgan fingerprint density at radius 1 is 1.11 bits per heavy atom. The first-order valence-corrected chi connectivity index (χ1v) is 10.3. The maximum atomic E-state index is 12.6. The highest BCUT2D eigenvalue weighted by Gasteiger charge is 2.30. The molecule has 1 heterocycles. The van der Waals surface area contributed by atoms with Gasteiger partial charge in [-0.15, -0.1) is 0 Å². The molecule has 0 atom stereocenters. The van der Waals surface area contributed by atoms with E-state index in [1.54, 1.807) is 19.1 Å². The second kappa shape index (κ2) is 7.56. The lowest BCUT2D eigenvalue weighted by Crippen LogP contribution is -2.36. The zero-order chi connectivity index (χ0) is 20.5. The molecule has 28 heavy (non-hydrogen) atoms. The topological polar surface area (TPSA) is 66.5 Å². The van der Waals surface area contributed by atoms with Crippen LogP contribution in [0.2, 0.25) is 0 Å². The van der Waals surface area contributed by atoms with E-state index in [1.807, 2.05) is 6.07 Å². The molecule has 0 unspecified atom stereocenters. The molecule has 1 aliphatic rings. The number of hydrogen-bond donors (Lipinski definition) is 1. The second-order valence-electron chi connectivity index (χ2n) is 6.50. The molecule has 0 fully saturated rings. The Bertz CT molecular complexity index is 986. The van der Waals surface area contributed by atoms with Crippen molar-refractivity contribution in [1.82, 2.24) is 4.31 Å². The molecule has 150 valence electrons. The van der Waals surface area contributed by atoms with Crippen molar-refractivity contribution >= 4 is 21.6 Å². The number of hydrogen-bond acceptors (Lipinski definition) is 3. The van der Waals surface area contributed by atoms with Gasteiger partial charge < -0.3 is 5.32 Å². The van der Waals surface area contributed by atoms with Crippen LogP contribution in [-0.4, -0.2) is 30.9 Å². The van der Waals surface area contributed by atoms with Crippen LogP contribution in [-0.2, 0) is 29.2 Å². The maximum absolute atomic E-state index is 12.6. The van der Waals surface area contributed by atoms with Gasteiger partial charge in [0.05, 0.1) is 11.3 Å². The van der Waals surface area contributed by atoms with Crippen LogP contribution in [0.1, 0.15) is 34.0 Å². The van der Waals surface area contributed by atoms with Crippen LogP contribution < -0.4 is 5.32 Å². The van der Waals surface area contributed by atoms with E-state index in [0.717, 1.165) is 35.4 Å². The van der Waals surface area contributed by atoms with Gasteiger partial charge in [-0.2, -0.15) is 17.5 Å². The van der Waals surface area contributed by atoms with Crippen molar-refractivity contribution in [2.45, 2.75) is 26.1 Å². The third kappa shape index (κ3) is 4.36. The molecular weight excluding hydrogens is 393 g/mol. The van der Waals surface area contributed by atoms with Crippen molar-refractivity contribution in [2.24, 2.45) is 0 Å². The van der Waals surface area contributed by atoms with E-state index in [4.69, 9.17) is 0 Å². The Labute approximate surface area is 161 Å². The van der Waals surface area contributed by atoms with E-state index in [0.29, 0.717) is 18.7 Å². The first-order chi connectivity index (χ1) is 13.1. The predicted molar refractivity (Wildman–Crippen MR) is 99.4 cm³/mol. The number of nitrogens with zero attached hydrogens (tertiary/aromatic N) is 1. The minimum Gasteiger partial charge on any atom is -0.322 e. The molecule has 0 aromatic heterocycles. The smallest absolute Gasteiger partial charge is 0.322 e. The first kappa shape index (κ1) is 20.3. The minimum absolute atomic E-state index is 0.0205. The van der Waals surface area contributed by atoms with Crippen LogP contribution in [0.25, 0.3) is 0 Å². The van der Waals surface area contributed by atoms with Crippen molar-refractivity contribution in [2.75, 3.05) is 17.6 Å². The van der Waals surface area contributed by atoms with Crippen LogP contribution in [0.5, 0.6) is 0 Å². The quantitative estimate of drug-likeness (QED) is 0.833. The van der Waals surface area contributed by atoms with Crippen LogP contribution >= 0.6 is 0 Å². The molecular formula is C19H19F3N2O3S. The fourth-order valence-corrected chi connectivity index (χ4v) is 4.11. The molecule has 3 rings (SSSR count). The van der Waals surface area contributed by atoms with Crippen molar-refractivity contribution in [3.63, 3.8) is 0 Å². The van der Waals surface area contributed by atoms with E-state index in [9.17, 15) is 26.4 Å². The molecule has 5 nitrogen and oxygen atoms in total. The van der Waals surface area contributed by atoms with Gasteiger partial charge in [-0.25, -0.2) is 8.42 Å². The summed E-state index contributed by atoms with van der Waals surface area (Å²) in [5, 5.41) is 2.65. The van der Waals surface area contributed by atoms with E-state index in [1.165, 1.54) is 4.31 Å². The van der Waals surface area contributed by atoms with Crippen molar-refractivity contribution in [1.29, 1.82) is 0 Å². The van der Waals surface area contributed by atoms with Gasteiger partial charge >= 0.3 is 6.18 Å². The molecule has 0 radical (unpaired) electrons. The van der Waals surface area contributed by atoms with Crippen LogP contribution in [0.15, 0.2) is 42.5 Å². The molecule has 0 aliphatic carbocycles. The molecule has 0 saturated heterocycles. The Morgan fingerprint density at radius 2 is 1.79 bits per heavy atom. The monoisotopic (exact) mass is 412 g/mol. The fraction of sp³-hybridized carbons (Fsp3) is 0.316. The van der Waals surface area contributed by atoms with Crippen LogP contribution in [0.4, 0.5) is 18.9 Å². The number of fused-ring (bicyclic) bond motifs is 1. The number of carbonyl (C=O) groups excluding carboxylic acids is 1. The van der Waals surface area contributed by atoms with Crippen LogP contribution in [0, 0.1) is 0 Å². The fourth-order valence-electron chi connectivity index (χ4n) is 3.04. The van der Waals surface area contributed by atoms with Gasteiger partial charge in [-0.05, 0) is 60.9 Å². The third-order valence-corrected chi connectivity index (χ3v) is 6.50. The molecule has 2 aromatic carbocycles. The number of carbonyl (C=O) groups is 1. The minimum atomic E-state index is -4.46. The first-order valence-electron chi connectivity index (χ1n) is 8.68. The Kier molecular flexibility index (Phi) is 5.49. The Hall–Kier alpha value is -2.39. The average molecular weight is 412 g/mol. The molecule has 1 N–H and O–H groups in total. The summed E-state index contributed by atoms with van der Waals surface area (Å²) >= 11 is 0. The van der Waals surface area contributed by atoms with Crippen LogP contribution in [0.3, 0.4) is 0 Å². The normalized spacial score (nSPS) is 15.1. The third-order valence-electron chi connectivity index (χ3n) is 4.67. The predicted octanol–water partition coefficient (Wildman–Crippen LogP) is 3.67. The van der Waals surface area contributed by atoms with E-state index in [2.05, 4.69) is 5.32 Å². The van der Waals surface area contributed by atoms with Gasteiger partial charge in [-0.1, -0.05) is 6.07 Å². The number of sulfonamides is 1. The number of amides is 1. The van der Waals surface area contributed by atoms with Crippen molar-refractivity contribution in [3.8, 4) is 0 Å². The summed E-state index contributed by atoms with van der Waals surface area (Å²) in [6.07, 6.45) is -3.88. The lowest BCUT2D eigenvalue weighted by Gasteiger charge is -2.28. The summed E-state index contributed by atoms with van der Waals surface area (Å²) in [4.78, 5) is 12.3. The van der Waals surface area contributed by atoms with E-state index in [-0.39, 0.29) is 17.9 Å². The molecule has 1 amide bonds. The second-order valence-corrected chi connectivity index (χ2v) is 8.75. The van der Waals surface area contributed by atoms with Gasteiger partial charge in [0.1, 0.15) is 0 Å². The average Bonchev–Trinajstić information content (AvgIpc) is 2.66. The molecule has 1 aliphatic heterocycles. The molecule has 0 saturated carbocycles. The standard InChI is InChI=1S/C19H19F3N2O3S/c1-2-28(26,27)24-10-9-13-5-8-17(11-15(13)12-24)23-18(25)14-3-6-16(7-4-14)19(20,21)22/h3-8,11H,2,9-10,12H2,1H3,(H,23,25). The number of anilines is 1. The van der Waals surface area contributed by atoms with Crippen molar-refractivity contribution in [3.05, 3.63) is 64.7 Å². The summed E-state index contributed by atoms with van der Waals surface area (Å²) in [6, 6.07) is 9.18. The van der Waals surface area contributed by atoms with Gasteiger partial charge in [-0.3, -0.25) is 4.79 Å². The number of nitrogens with one attached hydrogen (secondary N) is 1. The number of benzene rings is 2. The van der Waals surface area contributed by atoms with E-state index >= 15 is 0 Å². The summed E-state index contributed by atoms with van der Waals surface area (Å²) in [5.41, 5.74) is 1.54. The van der Waals surface area contributed by atoms with Gasteiger partial charge in [0.25, 0.3) is 5.91 Å². The summed E-state index contributed by atoms with van der Waals surface area (Å²) < 4.78 is 63.5. The summed E-state index contributed by atoms with van der Waals surface area (Å²) in [6.45, 7) is 2.24. The highest BCUT2D eigenvalue weighted by atomic mass is 32.2. The summed E-state index contributed by atoms with van der Waals surface area (Å²) in [7, 11) is -3.30. The molecule has 9 heteroatoms. The number of rotatable bonds is 4. The lowest BCUT2D eigenvalue weighted by atomic mass is 10.0. The SMILES string of the molecule is CCS(=O)(=O)N1CCc2ccc(NC(=O)c3ccc(C(F)(F)F)cc3)cc2C1. The van der Waals surface area contributed by atoms with Gasteiger partial charge in [0.15, 0.2) is 0 Å². The highest BCUT2D eigenvalue weighted by Crippen LogP contribution is 2.29.